The van der Waals surface area contributed by atoms with Gasteiger partial charge in [-0.15, -0.1) is 0 Å². The lowest BCUT2D eigenvalue weighted by atomic mass is 10.3. The summed E-state index contributed by atoms with van der Waals surface area (Å²) in [5.41, 5.74) is 0. The average molecular weight is 267 g/mol. The quantitative estimate of drug-likeness (QED) is 0.613. The molecule has 0 saturated heterocycles. The van der Waals surface area contributed by atoms with Crippen LogP contribution in [0.1, 0.15) is 24.4 Å². The fourth-order valence-corrected chi connectivity index (χ4v) is 1.38. The Bertz CT molecular complexity index is 442. The van der Waals surface area contributed by atoms with E-state index in [1.54, 1.807) is 19.1 Å². The van der Waals surface area contributed by atoms with Crippen LogP contribution in [0, 0.1) is 0 Å². The molecule has 0 spiro atoms. The van der Waals surface area contributed by atoms with Gasteiger partial charge in [0, 0.05) is 20.0 Å². The Morgan fingerprint density at radius 1 is 1.26 bits per heavy atom. The minimum absolute atomic E-state index is 0.220. The zero-order chi connectivity index (χ0) is 14.3. The van der Waals surface area contributed by atoms with Crippen molar-refractivity contribution in [2.45, 2.75) is 19.9 Å². The summed E-state index contributed by atoms with van der Waals surface area (Å²) in [5, 5.41) is 7.64. The second kappa shape index (κ2) is 7.20. The molecule has 1 unspecified atom stereocenters. The molecule has 0 aliphatic heterocycles. The van der Waals surface area contributed by atoms with Crippen LogP contribution in [-0.2, 0) is 9.59 Å². The molecule has 1 heterocycles. The summed E-state index contributed by atoms with van der Waals surface area (Å²) in [4.78, 5) is 33.7. The lowest BCUT2D eigenvalue weighted by Gasteiger charge is -2.12. The van der Waals surface area contributed by atoms with Crippen LogP contribution in [-0.4, -0.2) is 36.9 Å². The molecule has 7 heteroatoms. The van der Waals surface area contributed by atoms with Crippen LogP contribution in [0.4, 0.5) is 0 Å². The summed E-state index contributed by atoms with van der Waals surface area (Å²) in [6.45, 7) is 3.47. The molecule has 104 valence electrons. The van der Waals surface area contributed by atoms with Gasteiger partial charge in [0.05, 0.1) is 6.26 Å². The van der Waals surface area contributed by atoms with Crippen LogP contribution in [0.15, 0.2) is 22.8 Å². The second-order valence-electron chi connectivity index (χ2n) is 3.95. The molecule has 1 aromatic rings. The topological polar surface area (TPSA) is 100 Å². The molecule has 0 fully saturated rings. The van der Waals surface area contributed by atoms with Gasteiger partial charge in [-0.05, 0) is 19.1 Å². The molecule has 3 amide bonds. The maximum Gasteiger partial charge on any atom is 0.287 e. The van der Waals surface area contributed by atoms with E-state index in [9.17, 15) is 14.4 Å². The number of rotatable bonds is 6. The SMILES string of the molecule is CC(=O)NC(C)C(=O)NCCNC(=O)c1ccco1. The van der Waals surface area contributed by atoms with Gasteiger partial charge in [-0.2, -0.15) is 0 Å². The highest BCUT2D eigenvalue weighted by atomic mass is 16.3. The van der Waals surface area contributed by atoms with Gasteiger partial charge in [-0.1, -0.05) is 0 Å². The van der Waals surface area contributed by atoms with E-state index in [1.165, 1.54) is 13.2 Å². The molecule has 0 aromatic carbocycles. The van der Waals surface area contributed by atoms with Crippen LogP contribution in [0.2, 0.25) is 0 Å². The van der Waals surface area contributed by atoms with Crippen molar-refractivity contribution in [3.8, 4) is 0 Å². The molecule has 0 saturated carbocycles. The van der Waals surface area contributed by atoms with E-state index < -0.39 is 6.04 Å². The molecular weight excluding hydrogens is 250 g/mol. The number of nitrogens with one attached hydrogen (secondary N) is 3. The largest absolute Gasteiger partial charge is 0.459 e. The molecule has 19 heavy (non-hydrogen) atoms. The zero-order valence-electron chi connectivity index (χ0n) is 10.9. The van der Waals surface area contributed by atoms with Crippen LogP contribution < -0.4 is 16.0 Å². The van der Waals surface area contributed by atoms with Gasteiger partial charge in [0.2, 0.25) is 11.8 Å². The van der Waals surface area contributed by atoms with Gasteiger partial charge in [0.15, 0.2) is 5.76 Å². The second-order valence-corrected chi connectivity index (χ2v) is 3.95. The first kappa shape index (κ1) is 14.7. The highest BCUT2D eigenvalue weighted by molar-refractivity contribution is 5.91. The van der Waals surface area contributed by atoms with Crippen molar-refractivity contribution in [1.29, 1.82) is 0 Å². The molecule has 0 aliphatic carbocycles. The van der Waals surface area contributed by atoms with E-state index in [0.29, 0.717) is 0 Å². The maximum atomic E-state index is 11.5. The Morgan fingerprint density at radius 2 is 1.95 bits per heavy atom. The summed E-state index contributed by atoms with van der Waals surface area (Å²) >= 11 is 0. The van der Waals surface area contributed by atoms with E-state index in [0.717, 1.165) is 0 Å². The number of hydrogen-bond donors (Lipinski definition) is 3. The smallest absolute Gasteiger partial charge is 0.287 e. The first-order valence-electron chi connectivity index (χ1n) is 5.87. The average Bonchev–Trinajstić information content (AvgIpc) is 2.86. The monoisotopic (exact) mass is 267 g/mol. The molecule has 3 N–H and O–H groups in total. The third-order valence-corrected chi connectivity index (χ3v) is 2.27. The first-order valence-corrected chi connectivity index (χ1v) is 5.87. The Kier molecular flexibility index (Phi) is 5.59. The third kappa shape index (κ3) is 5.24. The van der Waals surface area contributed by atoms with E-state index in [4.69, 9.17) is 4.42 Å². The summed E-state index contributed by atoms with van der Waals surface area (Å²) < 4.78 is 4.91. The van der Waals surface area contributed by atoms with E-state index >= 15 is 0 Å². The zero-order valence-corrected chi connectivity index (χ0v) is 10.9. The summed E-state index contributed by atoms with van der Waals surface area (Å²) in [6, 6.07) is 2.57. The van der Waals surface area contributed by atoms with Crippen molar-refractivity contribution in [3.05, 3.63) is 24.2 Å². The third-order valence-electron chi connectivity index (χ3n) is 2.27. The number of carbonyl (C=O) groups is 3. The minimum Gasteiger partial charge on any atom is -0.459 e. The van der Waals surface area contributed by atoms with Gasteiger partial charge in [-0.25, -0.2) is 0 Å². The minimum atomic E-state index is -0.599. The van der Waals surface area contributed by atoms with Crippen LogP contribution in [0.25, 0.3) is 0 Å². The van der Waals surface area contributed by atoms with Gasteiger partial charge in [0.25, 0.3) is 5.91 Å². The first-order chi connectivity index (χ1) is 9.00. The molecular formula is C12H17N3O4. The number of amides is 3. The molecule has 0 bridgehead atoms. The van der Waals surface area contributed by atoms with Gasteiger partial charge >= 0.3 is 0 Å². The van der Waals surface area contributed by atoms with Crippen LogP contribution >= 0.6 is 0 Å². The van der Waals surface area contributed by atoms with E-state index in [2.05, 4.69) is 16.0 Å². The van der Waals surface area contributed by atoms with Crippen molar-refractivity contribution in [2.24, 2.45) is 0 Å². The fourth-order valence-electron chi connectivity index (χ4n) is 1.38. The molecule has 0 aliphatic rings. The summed E-state index contributed by atoms with van der Waals surface area (Å²) in [7, 11) is 0. The summed E-state index contributed by atoms with van der Waals surface area (Å²) in [5.74, 6) is -0.691. The van der Waals surface area contributed by atoms with Crippen molar-refractivity contribution in [1.82, 2.24) is 16.0 Å². The van der Waals surface area contributed by atoms with Crippen molar-refractivity contribution < 1.29 is 18.8 Å². The van der Waals surface area contributed by atoms with E-state index in [-0.39, 0.29) is 36.6 Å². The van der Waals surface area contributed by atoms with Crippen molar-refractivity contribution in [2.75, 3.05) is 13.1 Å². The highest BCUT2D eigenvalue weighted by Crippen LogP contribution is 1.98. The predicted molar refractivity (Wildman–Crippen MR) is 67.3 cm³/mol. The number of carbonyl (C=O) groups excluding carboxylic acids is 3. The lowest BCUT2D eigenvalue weighted by molar-refractivity contribution is -0.127. The number of furan rings is 1. The molecule has 0 radical (unpaired) electrons. The van der Waals surface area contributed by atoms with Crippen LogP contribution in [0.5, 0.6) is 0 Å². The number of hydrogen-bond acceptors (Lipinski definition) is 4. The molecule has 1 rings (SSSR count). The Balaban J connectivity index is 2.18. The summed E-state index contributed by atoms with van der Waals surface area (Å²) in [6.07, 6.45) is 1.41. The Hall–Kier alpha value is -2.31. The van der Waals surface area contributed by atoms with Crippen molar-refractivity contribution in [3.63, 3.8) is 0 Å². The fraction of sp³-hybridized carbons (Fsp3) is 0.417. The van der Waals surface area contributed by atoms with E-state index in [1.807, 2.05) is 0 Å². The van der Waals surface area contributed by atoms with Gasteiger partial charge < -0.3 is 20.4 Å². The standard InChI is InChI=1S/C12H17N3O4/c1-8(15-9(2)16)11(17)13-5-6-14-12(18)10-4-3-7-19-10/h3-4,7-8H,5-6H2,1-2H3,(H,13,17)(H,14,18)(H,15,16). The van der Waals surface area contributed by atoms with Gasteiger partial charge in [-0.3, -0.25) is 14.4 Å². The molecule has 1 atom stereocenters. The highest BCUT2D eigenvalue weighted by Gasteiger charge is 2.13. The Labute approximate surface area is 110 Å². The Morgan fingerprint density at radius 3 is 2.53 bits per heavy atom. The lowest BCUT2D eigenvalue weighted by Crippen LogP contribution is -2.46. The predicted octanol–water partition coefficient (Wildman–Crippen LogP) is -0.350. The van der Waals surface area contributed by atoms with Crippen molar-refractivity contribution >= 4 is 17.7 Å². The molecule has 1 aromatic heterocycles. The molecule has 7 nitrogen and oxygen atoms in total. The normalized spacial score (nSPS) is 11.5. The van der Waals surface area contributed by atoms with Gasteiger partial charge in [0.1, 0.15) is 6.04 Å². The van der Waals surface area contributed by atoms with Crippen LogP contribution in [0.3, 0.4) is 0 Å². The maximum absolute atomic E-state index is 11.5.